The van der Waals surface area contributed by atoms with Crippen molar-refractivity contribution in [3.8, 4) is 5.75 Å². The van der Waals surface area contributed by atoms with E-state index < -0.39 is 0 Å². The van der Waals surface area contributed by atoms with Crippen molar-refractivity contribution >= 4 is 0 Å². The van der Waals surface area contributed by atoms with Crippen LogP contribution < -0.4 is 5.32 Å². The predicted molar refractivity (Wildman–Crippen MR) is 71.9 cm³/mol. The van der Waals surface area contributed by atoms with E-state index in [0.29, 0.717) is 17.2 Å². The molecule has 4 rings (SSSR count). The predicted octanol–water partition coefficient (Wildman–Crippen LogP) is 2.74. The fourth-order valence-electron chi connectivity index (χ4n) is 4.91. The van der Waals surface area contributed by atoms with E-state index in [-0.39, 0.29) is 0 Å². The molecule has 1 saturated carbocycles. The molecule has 1 aliphatic heterocycles. The highest BCUT2D eigenvalue weighted by atomic mass is 16.3. The number of phenols is 1. The summed E-state index contributed by atoms with van der Waals surface area (Å²) in [6.45, 7) is 1.15. The highest BCUT2D eigenvalue weighted by molar-refractivity contribution is 5.45. The van der Waals surface area contributed by atoms with Gasteiger partial charge in [0.05, 0.1) is 0 Å². The summed E-state index contributed by atoms with van der Waals surface area (Å²) in [4.78, 5) is 0. The molecule has 2 fully saturated rings. The fraction of sp³-hybridized carbons (Fsp3) is 0.625. The van der Waals surface area contributed by atoms with Crippen molar-refractivity contribution in [1.82, 2.24) is 5.32 Å². The summed E-state index contributed by atoms with van der Waals surface area (Å²) in [6, 6.07) is 6.75. The summed E-state index contributed by atoms with van der Waals surface area (Å²) in [5, 5.41) is 13.6. The number of fused-ring (bicyclic) bond motifs is 1. The number of piperidine rings is 1. The highest BCUT2D eigenvalue weighted by Crippen LogP contribution is 2.54. The van der Waals surface area contributed by atoms with E-state index in [4.69, 9.17) is 0 Å². The zero-order valence-corrected chi connectivity index (χ0v) is 10.8. The van der Waals surface area contributed by atoms with Crippen molar-refractivity contribution in [3.05, 3.63) is 29.3 Å². The molecule has 2 nitrogen and oxygen atoms in total. The van der Waals surface area contributed by atoms with Gasteiger partial charge in [-0.25, -0.2) is 0 Å². The van der Waals surface area contributed by atoms with Crippen LogP contribution in [0.1, 0.15) is 43.2 Å². The lowest BCUT2D eigenvalue weighted by molar-refractivity contribution is 0.0795. The second kappa shape index (κ2) is 3.74. The Morgan fingerprint density at radius 2 is 2.17 bits per heavy atom. The van der Waals surface area contributed by atoms with Gasteiger partial charge in [-0.2, -0.15) is 0 Å². The number of aromatic hydroxyl groups is 1. The third-order valence-corrected chi connectivity index (χ3v) is 5.63. The van der Waals surface area contributed by atoms with Crippen molar-refractivity contribution in [3.63, 3.8) is 0 Å². The molecule has 1 aromatic rings. The molecular weight excluding hydrogens is 222 g/mol. The Balaban J connectivity index is 1.91. The Hall–Kier alpha value is -1.02. The number of hydrogen-bond donors (Lipinski definition) is 2. The minimum Gasteiger partial charge on any atom is -0.508 e. The highest BCUT2D eigenvalue weighted by Gasteiger charge is 2.51. The van der Waals surface area contributed by atoms with Gasteiger partial charge >= 0.3 is 0 Å². The van der Waals surface area contributed by atoms with E-state index in [1.807, 2.05) is 6.07 Å². The van der Waals surface area contributed by atoms with Crippen molar-refractivity contribution in [2.45, 2.75) is 50.0 Å². The van der Waals surface area contributed by atoms with Crippen LogP contribution in [0.2, 0.25) is 0 Å². The number of nitrogens with one attached hydrogen (secondary N) is 1. The van der Waals surface area contributed by atoms with Crippen molar-refractivity contribution in [2.24, 2.45) is 5.92 Å². The van der Waals surface area contributed by atoms with Crippen molar-refractivity contribution in [2.75, 3.05) is 6.54 Å². The SMILES string of the molecule is Oc1ccc2c(c1)[C@]13CCCCC1C(C2)NCC3. The summed E-state index contributed by atoms with van der Waals surface area (Å²) >= 11 is 0. The molecule has 2 aliphatic carbocycles. The molecule has 2 heteroatoms. The van der Waals surface area contributed by atoms with Gasteiger partial charge in [0.25, 0.3) is 0 Å². The lowest BCUT2D eigenvalue weighted by Gasteiger charge is -2.56. The smallest absolute Gasteiger partial charge is 0.115 e. The van der Waals surface area contributed by atoms with Crippen molar-refractivity contribution < 1.29 is 5.11 Å². The van der Waals surface area contributed by atoms with E-state index in [9.17, 15) is 5.11 Å². The molecule has 96 valence electrons. The van der Waals surface area contributed by atoms with Crippen LogP contribution >= 0.6 is 0 Å². The number of phenolic OH excluding ortho intramolecular Hbond substituents is 1. The van der Waals surface area contributed by atoms with E-state index >= 15 is 0 Å². The van der Waals surface area contributed by atoms with Crippen LogP contribution in [-0.2, 0) is 11.8 Å². The molecule has 1 saturated heterocycles. The summed E-state index contributed by atoms with van der Waals surface area (Å²) in [7, 11) is 0. The van der Waals surface area contributed by atoms with Gasteiger partial charge in [-0.15, -0.1) is 0 Å². The lowest BCUT2D eigenvalue weighted by atomic mass is 9.53. The Kier molecular flexibility index (Phi) is 2.25. The zero-order valence-electron chi connectivity index (χ0n) is 10.8. The summed E-state index contributed by atoms with van der Waals surface area (Å²) in [5.41, 5.74) is 3.33. The molecule has 0 amide bonds. The first kappa shape index (κ1) is 10.9. The Labute approximate surface area is 108 Å². The van der Waals surface area contributed by atoms with Gasteiger partial charge in [-0.3, -0.25) is 0 Å². The Bertz CT molecular complexity index is 480. The lowest BCUT2D eigenvalue weighted by Crippen LogP contribution is -2.59. The minimum atomic E-state index is 0.375. The van der Waals surface area contributed by atoms with Gasteiger partial charge in [0.2, 0.25) is 0 Å². The van der Waals surface area contributed by atoms with Gasteiger partial charge in [0.1, 0.15) is 5.75 Å². The quantitative estimate of drug-likeness (QED) is 0.734. The fourth-order valence-corrected chi connectivity index (χ4v) is 4.91. The molecule has 0 spiro atoms. The van der Waals surface area contributed by atoms with E-state index in [1.54, 1.807) is 0 Å². The maximum atomic E-state index is 9.86. The average molecular weight is 243 g/mol. The largest absolute Gasteiger partial charge is 0.508 e. The minimum absolute atomic E-state index is 0.375. The first-order chi connectivity index (χ1) is 8.79. The third-order valence-electron chi connectivity index (χ3n) is 5.63. The first-order valence-electron chi connectivity index (χ1n) is 7.35. The van der Waals surface area contributed by atoms with Crippen LogP contribution in [0.15, 0.2) is 18.2 Å². The van der Waals surface area contributed by atoms with Crippen LogP contribution in [-0.4, -0.2) is 17.7 Å². The molecule has 2 bridgehead atoms. The molecule has 2 N–H and O–H groups in total. The third kappa shape index (κ3) is 1.33. The number of hydrogen-bond acceptors (Lipinski definition) is 2. The molecule has 18 heavy (non-hydrogen) atoms. The van der Waals surface area contributed by atoms with Crippen LogP contribution in [0.4, 0.5) is 0 Å². The molecular formula is C16H21NO. The molecule has 1 aromatic carbocycles. The van der Waals surface area contributed by atoms with Gasteiger partial charge in [0, 0.05) is 11.5 Å². The van der Waals surface area contributed by atoms with Gasteiger partial charge in [0.15, 0.2) is 0 Å². The molecule has 3 atom stereocenters. The molecule has 0 aromatic heterocycles. The van der Waals surface area contributed by atoms with Gasteiger partial charge in [-0.05, 0) is 61.4 Å². The van der Waals surface area contributed by atoms with Crippen molar-refractivity contribution in [1.29, 1.82) is 0 Å². The second-order valence-electron chi connectivity index (χ2n) is 6.36. The zero-order chi connectivity index (χ0) is 12.2. The van der Waals surface area contributed by atoms with Crippen LogP contribution in [0.3, 0.4) is 0 Å². The normalized spacial score (nSPS) is 37.8. The molecule has 0 radical (unpaired) electrons. The van der Waals surface area contributed by atoms with E-state index in [0.717, 1.165) is 18.9 Å². The maximum absolute atomic E-state index is 9.86. The first-order valence-corrected chi connectivity index (χ1v) is 7.35. The van der Waals surface area contributed by atoms with Crippen LogP contribution in [0.25, 0.3) is 0 Å². The van der Waals surface area contributed by atoms with Gasteiger partial charge in [-0.1, -0.05) is 18.9 Å². The Morgan fingerprint density at radius 3 is 3.11 bits per heavy atom. The van der Waals surface area contributed by atoms with E-state index in [2.05, 4.69) is 17.4 Å². The summed E-state index contributed by atoms with van der Waals surface area (Å²) in [6.07, 6.45) is 7.85. The molecule has 1 heterocycles. The second-order valence-corrected chi connectivity index (χ2v) is 6.36. The number of benzene rings is 1. The topological polar surface area (TPSA) is 32.3 Å². The van der Waals surface area contributed by atoms with E-state index in [1.165, 1.54) is 43.2 Å². The maximum Gasteiger partial charge on any atom is 0.115 e. The summed E-state index contributed by atoms with van der Waals surface area (Å²) < 4.78 is 0. The summed E-state index contributed by atoms with van der Waals surface area (Å²) in [5.74, 6) is 1.25. The molecule has 2 unspecified atom stereocenters. The standard InChI is InChI=1S/C16H21NO/c18-12-5-4-11-9-15-13-3-1-2-6-16(13,7-8-17-15)14(11)10-12/h4-5,10,13,15,17-18H,1-3,6-9H2/t13?,15?,16-/m0/s1. The van der Waals surface area contributed by atoms with Crippen LogP contribution in [0.5, 0.6) is 5.75 Å². The molecule has 3 aliphatic rings. The average Bonchev–Trinajstić information content (AvgIpc) is 2.40. The Morgan fingerprint density at radius 1 is 1.22 bits per heavy atom. The van der Waals surface area contributed by atoms with Gasteiger partial charge < -0.3 is 10.4 Å². The monoisotopic (exact) mass is 243 g/mol. The number of rotatable bonds is 0. The van der Waals surface area contributed by atoms with Crippen LogP contribution in [0, 0.1) is 5.92 Å².